The van der Waals surface area contributed by atoms with Crippen molar-refractivity contribution >= 4 is 21.8 Å². The summed E-state index contributed by atoms with van der Waals surface area (Å²) in [5.41, 5.74) is 6.31. The van der Waals surface area contributed by atoms with Crippen molar-refractivity contribution in [2.45, 2.75) is 25.9 Å². The van der Waals surface area contributed by atoms with Crippen LogP contribution in [0.25, 0.3) is 0 Å². The van der Waals surface area contributed by atoms with Crippen LogP contribution in [-0.4, -0.2) is 11.9 Å². The Morgan fingerprint density at radius 1 is 1.33 bits per heavy atom. The van der Waals surface area contributed by atoms with Crippen molar-refractivity contribution in [2.75, 3.05) is 0 Å². The van der Waals surface area contributed by atoms with Crippen molar-refractivity contribution in [1.82, 2.24) is 5.32 Å². The van der Waals surface area contributed by atoms with E-state index in [9.17, 15) is 4.79 Å². The van der Waals surface area contributed by atoms with Crippen LogP contribution in [0, 0.1) is 0 Å². The molecule has 0 spiro atoms. The van der Waals surface area contributed by atoms with E-state index in [-0.39, 0.29) is 18.0 Å². The van der Waals surface area contributed by atoms with Crippen LogP contribution in [0.4, 0.5) is 0 Å². The summed E-state index contributed by atoms with van der Waals surface area (Å²) in [6, 6.07) is 7.76. The molecular formula is C11H15BrN2O. The third-order valence-corrected chi connectivity index (χ3v) is 2.83. The number of nitrogens with one attached hydrogen (secondary N) is 1. The highest BCUT2D eigenvalue weighted by molar-refractivity contribution is 9.10. The average Bonchev–Trinajstić information content (AvgIpc) is 2.18. The number of benzene rings is 1. The zero-order chi connectivity index (χ0) is 11.4. The maximum Gasteiger partial charge on any atom is 0.234 e. The van der Waals surface area contributed by atoms with Crippen LogP contribution in [0.15, 0.2) is 28.7 Å². The van der Waals surface area contributed by atoms with Gasteiger partial charge in [-0.1, -0.05) is 28.1 Å². The molecule has 0 bridgehead atoms. The van der Waals surface area contributed by atoms with Gasteiger partial charge in [0.1, 0.15) is 0 Å². The molecule has 1 amide bonds. The number of rotatable bonds is 4. The zero-order valence-corrected chi connectivity index (χ0v) is 10.4. The fourth-order valence-electron chi connectivity index (χ4n) is 1.30. The summed E-state index contributed by atoms with van der Waals surface area (Å²) in [6.45, 7) is 3.76. The van der Waals surface area contributed by atoms with Crippen LogP contribution in [0.5, 0.6) is 0 Å². The highest BCUT2D eigenvalue weighted by Gasteiger charge is 2.12. The number of carbonyl (C=O) groups is 1. The fourth-order valence-corrected chi connectivity index (χ4v) is 1.57. The number of halogens is 1. The first-order chi connectivity index (χ1) is 7.00. The van der Waals surface area contributed by atoms with Gasteiger partial charge in [-0.3, -0.25) is 10.1 Å². The molecule has 0 radical (unpaired) electrons. The quantitative estimate of drug-likeness (QED) is 0.879. The summed E-state index contributed by atoms with van der Waals surface area (Å²) in [6.07, 6.45) is 0. The lowest BCUT2D eigenvalue weighted by molar-refractivity contribution is -0.119. The number of primary amides is 1. The summed E-state index contributed by atoms with van der Waals surface area (Å²) in [5, 5.41) is 3.13. The lowest BCUT2D eigenvalue weighted by Gasteiger charge is -2.17. The molecule has 1 unspecified atom stereocenters. The molecular weight excluding hydrogens is 256 g/mol. The van der Waals surface area contributed by atoms with E-state index in [1.165, 1.54) is 0 Å². The van der Waals surface area contributed by atoms with E-state index in [1.54, 1.807) is 6.92 Å². The average molecular weight is 271 g/mol. The van der Waals surface area contributed by atoms with Crippen LogP contribution >= 0.6 is 15.9 Å². The molecule has 4 heteroatoms. The van der Waals surface area contributed by atoms with Gasteiger partial charge in [0, 0.05) is 10.5 Å². The number of amides is 1. The summed E-state index contributed by atoms with van der Waals surface area (Å²) in [5.74, 6) is -0.334. The van der Waals surface area contributed by atoms with Crippen molar-refractivity contribution in [3.8, 4) is 0 Å². The Hall–Kier alpha value is -0.870. The third kappa shape index (κ3) is 3.64. The standard InChI is InChI=1S/C11H15BrN2O/c1-7(14-8(2)11(13)15)9-3-5-10(12)6-4-9/h3-8,14H,1-2H3,(H2,13,15)/t7-,8?/m0/s1. The van der Waals surface area contributed by atoms with E-state index in [0.29, 0.717) is 0 Å². The highest BCUT2D eigenvalue weighted by Crippen LogP contribution is 2.16. The first-order valence-electron chi connectivity index (χ1n) is 4.81. The summed E-state index contributed by atoms with van der Waals surface area (Å²) in [7, 11) is 0. The summed E-state index contributed by atoms with van der Waals surface area (Å²) in [4.78, 5) is 10.9. The van der Waals surface area contributed by atoms with Crippen molar-refractivity contribution in [2.24, 2.45) is 5.73 Å². The summed E-state index contributed by atoms with van der Waals surface area (Å²) >= 11 is 3.37. The predicted octanol–water partition coefficient (Wildman–Crippen LogP) is 1.97. The lowest BCUT2D eigenvalue weighted by atomic mass is 10.1. The van der Waals surface area contributed by atoms with Crippen LogP contribution in [0.1, 0.15) is 25.5 Å². The van der Waals surface area contributed by atoms with Crippen molar-refractivity contribution in [3.05, 3.63) is 34.3 Å². The first kappa shape index (κ1) is 12.2. The second kappa shape index (κ2) is 5.28. The molecule has 0 aliphatic carbocycles. The normalized spacial score (nSPS) is 14.6. The van der Waals surface area contributed by atoms with E-state index >= 15 is 0 Å². The number of hydrogen-bond donors (Lipinski definition) is 2. The van der Waals surface area contributed by atoms with Gasteiger partial charge in [0.15, 0.2) is 0 Å². The first-order valence-corrected chi connectivity index (χ1v) is 5.61. The van der Waals surface area contributed by atoms with Crippen LogP contribution in [0.3, 0.4) is 0 Å². The van der Waals surface area contributed by atoms with Gasteiger partial charge in [0.25, 0.3) is 0 Å². The van der Waals surface area contributed by atoms with E-state index in [0.717, 1.165) is 10.0 Å². The molecule has 0 saturated carbocycles. The number of hydrogen-bond acceptors (Lipinski definition) is 2. The Bertz CT molecular complexity index is 337. The van der Waals surface area contributed by atoms with Gasteiger partial charge in [-0.15, -0.1) is 0 Å². The number of carbonyl (C=O) groups excluding carboxylic acids is 1. The molecule has 1 rings (SSSR count). The van der Waals surface area contributed by atoms with Gasteiger partial charge in [-0.05, 0) is 31.5 Å². The van der Waals surface area contributed by atoms with Crippen LogP contribution in [-0.2, 0) is 4.79 Å². The molecule has 82 valence electrons. The molecule has 3 N–H and O–H groups in total. The topological polar surface area (TPSA) is 55.1 Å². The molecule has 0 heterocycles. The van der Waals surface area contributed by atoms with E-state index in [4.69, 9.17) is 5.73 Å². The Morgan fingerprint density at radius 3 is 2.33 bits per heavy atom. The molecule has 2 atom stereocenters. The smallest absolute Gasteiger partial charge is 0.234 e. The SMILES string of the molecule is CC(N[C@@H](C)c1ccc(Br)cc1)C(N)=O. The van der Waals surface area contributed by atoms with E-state index < -0.39 is 0 Å². The van der Waals surface area contributed by atoms with Gasteiger partial charge < -0.3 is 5.73 Å². The van der Waals surface area contributed by atoms with Crippen molar-refractivity contribution in [3.63, 3.8) is 0 Å². The molecule has 1 aromatic carbocycles. The molecule has 0 aliphatic heterocycles. The minimum absolute atomic E-state index is 0.112. The van der Waals surface area contributed by atoms with Gasteiger partial charge in [-0.2, -0.15) is 0 Å². The van der Waals surface area contributed by atoms with Gasteiger partial charge in [0.05, 0.1) is 6.04 Å². The van der Waals surface area contributed by atoms with Gasteiger partial charge in [-0.25, -0.2) is 0 Å². The van der Waals surface area contributed by atoms with E-state index in [2.05, 4.69) is 21.2 Å². The Labute approximate surface area is 98.2 Å². The molecule has 3 nitrogen and oxygen atoms in total. The van der Waals surface area contributed by atoms with Crippen molar-refractivity contribution in [1.29, 1.82) is 0 Å². The molecule has 1 aromatic rings. The zero-order valence-electron chi connectivity index (χ0n) is 8.83. The minimum Gasteiger partial charge on any atom is -0.368 e. The largest absolute Gasteiger partial charge is 0.368 e. The third-order valence-electron chi connectivity index (χ3n) is 2.30. The van der Waals surface area contributed by atoms with E-state index in [1.807, 2.05) is 31.2 Å². The number of nitrogens with two attached hydrogens (primary N) is 1. The Kier molecular flexibility index (Phi) is 4.29. The fraction of sp³-hybridized carbons (Fsp3) is 0.364. The van der Waals surface area contributed by atoms with Gasteiger partial charge >= 0.3 is 0 Å². The molecule has 0 fully saturated rings. The van der Waals surface area contributed by atoms with Crippen LogP contribution in [0.2, 0.25) is 0 Å². The second-order valence-corrected chi connectivity index (χ2v) is 4.48. The Balaban J connectivity index is 2.64. The van der Waals surface area contributed by atoms with Gasteiger partial charge in [0.2, 0.25) is 5.91 Å². The molecule has 15 heavy (non-hydrogen) atoms. The summed E-state index contributed by atoms with van der Waals surface area (Å²) < 4.78 is 1.04. The minimum atomic E-state index is -0.334. The predicted molar refractivity (Wildman–Crippen MR) is 64.3 cm³/mol. The van der Waals surface area contributed by atoms with Crippen molar-refractivity contribution < 1.29 is 4.79 Å². The molecule has 0 aromatic heterocycles. The maximum atomic E-state index is 10.9. The molecule has 0 saturated heterocycles. The van der Waals surface area contributed by atoms with Crippen LogP contribution < -0.4 is 11.1 Å². The monoisotopic (exact) mass is 270 g/mol. The maximum absolute atomic E-state index is 10.9. The lowest BCUT2D eigenvalue weighted by Crippen LogP contribution is -2.39. The molecule has 0 aliphatic rings. The Morgan fingerprint density at radius 2 is 1.87 bits per heavy atom. The second-order valence-electron chi connectivity index (χ2n) is 3.56. The highest BCUT2D eigenvalue weighted by atomic mass is 79.9.